The summed E-state index contributed by atoms with van der Waals surface area (Å²) >= 11 is 0. The molecule has 1 rings (SSSR count). The van der Waals surface area contributed by atoms with Crippen LogP contribution in [0.3, 0.4) is 0 Å². The first-order valence-electron chi connectivity index (χ1n) is 6.96. The predicted molar refractivity (Wildman–Crippen MR) is 72.8 cm³/mol. The van der Waals surface area contributed by atoms with E-state index in [4.69, 9.17) is 18.9 Å². The minimum atomic E-state index is -1.20. The van der Waals surface area contributed by atoms with Crippen LogP contribution in [0, 0.1) is 0 Å². The first-order chi connectivity index (χ1) is 10.7. The summed E-state index contributed by atoms with van der Waals surface area (Å²) in [5.74, 6) is -2.42. The van der Waals surface area contributed by atoms with E-state index < -0.39 is 48.5 Å². The number of rotatable bonds is 5. The van der Waals surface area contributed by atoms with Gasteiger partial charge in [-0.25, -0.2) is 0 Å². The van der Waals surface area contributed by atoms with Gasteiger partial charge in [0.15, 0.2) is 6.10 Å². The lowest BCUT2D eigenvalue weighted by atomic mass is 9.99. The zero-order valence-electron chi connectivity index (χ0n) is 13.4. The molecule has 1 unspecified atom stereocenters. The zero-order valence-corrected chi connectivity index (χ0v) is 13.4. The van der Waals surface area contributed by atoms with Gasteiger partial charge in [-0.3, -0.25) is 19.2 Å². The van der Waals surface area contributed by atoms with Crippen LogP contribution in [-0.4, -0.2) is 55.6 Å². The van der Waals surface area contributed by atoms with Crippen molar-refractivity contribution >= 4 is 23.9 Å². The summed E-state index contributed by atoms with van der Waals surface area (Å²) < 4.78 is 25.2. The molecule has 0 radical (unpaired) electrons. The highest BCUT2D eigenvalue weighted by atomic mass is 16.7. The molecule has 0 aromatic rings. The number of ether oxygens (including phenoxy) is 5. The lowest BCUT2D eigenvalue weighted by Crippen LogP contribution is -2.52. The standard InChI is InChI=1S/C14H20O9/c1-7(15)20-10-5-12(21-8(2)16)14(22-9(3)17)23-11(10)6-13(18)19-4/h10-12,14H,5-6H2,1-4H3/t10-,11-,12-,14?/m1/s1. The Balaban J connectivity index is 2.94. The molecule has 1 aliphatic rings. The smallest absolute Gasteiger partial charge is 0.308 e. The van der Waals surface area contributed by atoms with Gasteiger partial charge in [0.25, 0.3) is 0 Å². The molecule has 1 aliphatic heterocycles. The van der Waals surface area contributed by atoms with Gasteiger partial charge in [0.1, 0.15) is 12.2 Å². The van der Waals surface area contributed by atoms with Gasteiger partial charge in [0.05, 0.1) is 13.5 Å². The number of methoxy groups -OCH3 is 1. The molecule has 9 nitrogen and oxygen atoms in total. The average Bonchev–Trinajstić information content (AvgIpc) is 2.41. The Bertz CT molecular complexity index is 473. The molecule has 0 bridgehead atoms. The van der Waals surface area contributed by atoms with Gasteiger partial charge in [-0.1, -0.05) is 0 Å². The maximum atomic E-state index is 11.5. The molecule has 4 atom stereocenters. The van der Waals surface area contributed by atoms with E-state index >= 15 is 0 Å². The van der Waals surface area contributed by atoms with Crippen LogP contribution in [0.5, 0.6) is 0 Å². The number of hydrogen-bond donors (Lipinski definition) is 0. The second kappa shape index (κ2) is 8.47. The Morgan fingerprint density at radius 3 is 1.91 bits per heavy atom. The summed E-state index contributed by atoms with van der Waals surface area (Å²) in [6.07, 6.45) is -4.06. The molecule has 0 aromatic heterocycles. The van der Waals surface area contributed by atoms with E-state index in [1.807, 2.05) is 0 Å². The number of hydrogen-bond acceptors (Lipinski definition) is 9. The monoisotopic (exact) mass is 332 g/mol. The highest BCUT2D eigenvalue weighted by molar-refractivity contribution is 5.70. The minimum absolute atomic E-state index is 0.0266. The van der Waals surface area contributed by atoms with Crippen LogP contribution >= 0.6 is 0 Å². The Morgan fingerprint density at radius 2 is 1.43 bits per heavy atom. The molecular weight excluding hydrogens is 312 g/mol. The fourth-order valence-corrected chi connectivity index (χ4v) is 2.19. The van der Waals surface area contributed by atoms with Crippen LogP contribution in [0.25, 0.3) is 0 Å². The zero-order chi connectivity index (χ0) is 17.6. The third-order valence-corrected chi connectivity index (χ3v) is 3.00. The Morgan fingerprint density at radius 1 is 0.913 bits per heavy atom. The molecule has 130 valence electrons. The summed E-state index contributed by atoms with van der Waals surface area (Å²) in [6, 6.07) is 0. The second-order valence-electron chi connectivity index (χ2n) is 4.96. The SMILES string of the molecule is COC(=O)C[C@H]1OC(OC(C)=O)[C@H](OC(C)=O)C[C@H]1OC(C)=O. The molecular formula is C14H20O9. The Hall–Kier alpha value is -2.16. The van der Waals surface area contributed by atoms with Gasteiger partial charge >= 0.3 is 23.9 Å². The van der Waals surface area contributed by atoms with E-state index in [1.165, 1.54) is 27.9 Å². The quantitative estimate of drug-likeness (QED) is 0.510. The summed E-state index contributed by atoms with van der Waals surface area (Å²) in [5, 5.41) is 0. The fourth-order valence-electron chi connectivity index (χ4n) is 2.19. The Labute approximate surface area is 133 Å². The van der Waals surface area contributed by atoms with Crippen molar-refractivity contribution < 1.29 is 42.9 Å². The van der Waals surface area contributed by atoms with E-state index in [2.05, 4.69) is 4.74 Å². The summed E-state index contributed by atoms with van der Waals surface area (Å²) in [6.45, 7) is 3.56. The normalized spacial score (nSPS) is 26.8. The average molecular weight is 332 g/mol. The van der Waals surface area contributed by atoms with Gasteiger partial charge in [-0.2, -0.15) is 0 Å². The van der Waals surface area contributed by atoms with Crippen molar-refractivity contribution in [3.63, 3.8) is 0 Å². The summed E-state index contributed by atoms with van der Waals surface area (Å²) in [5.41, 5.74) is 0. The molecule has 0 spiro atoms. The molecule has 1 saturated heterocycles. The van der Waals surface area contributed by atoms with E-state index in [9.17, 15) is 19.2 Å². The van der Waals surface area contributed by atoms with Crippen molar-refractivity contribution in [3.05, 3.63) is 0 Å². The molecule has 0 aromatic carbocycles. The first kappa shape index (κ1) is 18.9. The lowest BCUT2D eigenvalue weighted by Gasteiger charge is -2.39. The second-order valence-corrected chi connectivity index (χ2v) is 4.96. The highest BCUT2D eigenvalue weighted by Crippen LogP contribution is 2.28. The molecule has 0 aliphatic carbocycles. The lowest BCUT2D eigenvalue weighted by molar-refractivity contribution is -0.265. The molecule has 1 heterocycles. The summed E-state index contributed by atoms with van der Waals surface area (Å²) in [4.78, 5) is 45.0. The van der Waals surface area contributed by atoms with E-state index in [0.717, 1.165) is 0 Å². The largest absolute Gasteiger partial charge is 0.469 e. The van der Waals surface area contributed by atoms with E-state index in [0.29, 0.717) is 0 Å². The molecule has 1 fully saturated rings. The minimum Gasteiger partial charge on any atom is -0.469 e. The molecule has 9 heteroatoms. The molecule has 0 amide bonds. The van der Waals surface area contributed by atoms with Gasteiger partial charge in [0.2, 0.25) is 6.29 Å². The van der Waals surface area contributed by atoms with Gasteiger partial charge in [0, 0.05) is 27.2 Å². The molecule has 0 saturated carbocycles. The molecule has 23 heavy (non-hydrogen) atoms. The van der Waals surface area contributed by atoms with Crippen LogP contribution in [0.1, 0.15) is 33.6 Å². The number of esters is 4. The van der Waals surface area contributed by atoms with Crippen LogP contribution in [0.4, 0.5) is 0 Å². The van der Waals surface area contributed by atoms with Crippen molar-refractivity contribution in [2.45, 2.75) is 58.2 Å². The first-order valence-corrected chi connectivity index (χ1v) is 6.96. The number of carbonyl (C=O) groups is 4. The predicted octanol–water partition coefficient (Wildman–Crippen LogP) is 0.0910. The number of carbonyl (C=O) groups excluding carboxylic acids is 4. The maximum absolute atomic E-state index is 11.5. The van der Waals surface area contributed by atoms with Gasteiger partial charge in [-0.05, 0) is 0 Å². The third-order valence-electron chi connectivity index (χ3n) is 3.00. The highest BCUT2D eigenvalue weighted by Gasteiger charge is 2.44. The van der Waals surface area contributed by atoms with E-state index in [1.54, 1.807) is 0 Å². The van der Waals surface area contributed by atoms with Crippen LogP contribution in [0.15, 0.2) is 0 Å². The van der Waals surface area contributed by atoms with E-state index in [-0.39, 0.29) is 12.8 Å². The van der Waals surface area contributed by atoms with Crippen molar-refractivity contribution in [1.29, 1.82) is 0 Å². The van der Waals surface area contributed by atoms with Crippen LogP contribution in [-0.2, 0) is 42.9 Å². The topological polar surface area (TPSA) is 114 Å². The van der Waals surface area contributed by atoms with Crippen LogP contribution in [0.2, 0.25) is 0 Å². The molecule has 0 N–H and O–H groups in total. The van der Waals surface area contributed by atoms with Crippen molar-refractivity contribution in [2.24, 2.45) is 0 Å². The van der Waals surface area contributed by atoms with Gasteiger partial charge in [-0.15, -0.1) is 0 Å². The maximum Gasteiger partial charge on any atom is 0.308 e. The fraction of sp³-hybridized carbons (Fsp3) is 0.714. The Kier molecular flexibility index (Phi) is 6.95. The van der Waals surface area contributed by atoms with Crippen molar-refractivity contribution in [2.75, 3.05) is 7.11 Å². The third kappa shape index (κ3) is 6.23. The van der Waals surface area contributed by atoms with Crippen molar-refractivity contribution in [1.82, 2.24) is 0 Å². The van der Waals surface area contributed by atoms with Gasteiger partial charge < -0.3 is 23.7 Å². The van der Waals surface area contributed by atoms with Crippen LogP contribution < -0.4 is 0 Å². The summed E-state index contributed by atoms with van der Waals surface area (Å²) in [7, 11) is 1.21. The van der Waals surface area contributed by atoms with Crippen molar-refractivity contribution in [3.8, 4) is 0 Å².